The summed E-state index contributed by atoms with van der Waals surface area (Å²) in [7, 11) is -3.84. The molecule has 0 aromatic carbocycles. The van der Waals surface area contributed by atoms with E-state index in [1.165, 1.54) is 4.90 Å². The van der Waals surface area contributed by atoms with Gasteiger partial charge in [-0.05, 0) is 59.3 Å². The molecule has 2 aliphatic heterocycles. The smallest absolute Gasteiger partial charge is 0.408 e. The monoisotopic (exact) mass is 570 g/mol. The maximum Gasteiger partial charge on any atom is 0.408 e. The number of nitrogens with zero attached hydrogens (tertiary/aromatic N) is 1. The number of carbonyl (C=O) groups excluding carboxylic acids is 4. The van der Waals surface area contributed by atoms with Crippen molar-refractivity contribution >= 4 is 33.8 Å². The van der Waals surface area contributed by atoms with Gasteiger partial charge in [0.25, 0.3) is 5.91 Å². The largest absolute Gasteiger partial charge is 0.444 e. The van der Waals surface area contributed by atoms with Crippen LogP contribution in [0, 0.1) is 5.92 Å². The minimum absolute atomic E-state index is 0.0127. The van der Waals surface area contributed by atoms with Crippen LogP contribution in [0.2, 0.25) is 0 Å². The summed E-state index contributed by atoms with van der Waals surface area (Å²) in [6.07, 6.45) is 6.71. The van der Waals surface area contributed by atoms with Crippen molar-refractivity contribution in [2.75, 3.05) is 6.54 Å². The number of ether oxygens (including phenoxy) is 1. The lowest BCUT2D eigenvalue weighted by atomic mass is 10.0. The van der Waals surface area contributed by atoms with Gasteiger partial charge in [0.1, 0.15) is 23.2 Å². The van der Waals surface area contributed by atoms with Gasteiger partial charge in [-0.15, -0.1) is 0 Å². The van der Waals surface area contributed by atoms with E-state index in [1.807, 2.05) is 12.2 Å². The van der Waals surface area contributed by atoms with Gasteiger partial charge in [-0.25, -0.2) is 13.2 Å². The Hall–Kier alpha value is -2.67. The fourth-order valence-corrected chi connectivity index (χ4v) is 6.58. The maximum atomic E-state index is 13.7. The Balaban J connectivity index is 1.58. The molecule has 4 rings (SSSR count). The molecule has 0 aromatic heterocycles. The number of alkyl carbamates (subject to hydrolysis) is 1. The van der Waals surface area contributed by atoms with Gasteiger partial charge in [0.2, 0.25) is 23.3 Å². The zero-order valence-corrected chi connectivity index (χ0v) is 23.6. The number of aliphatic hydroxyl groups excluding tert-OH is 1. The van der Waals surface area contributed by atoms with Crippen LogP contribution in [-0.4, -0.2) is 84.8 Å². The first-order chi connectivity index (χ1) is 18.8. The van der Waals surface area contributed by atoms with Crippen LogP contribution < -0.4 is 15.4 Å². The highest BCUT2D eigenvalue weighted by Crippen LogP contribution is 2.46. The molecule has 218 valence electrons. The van der Waals surface area contributed by atoms with Gasteiger partial charge in [-0.3, -0.25) is 19.1 Å². The van der Waals surface area contributed by atoms with Crippen molar-refractivity contribution in [3.8, 4) is 0 Å². The average Bonchev–Trinajstić information content (AvgIpc) is 3.77. The summed E-state index contributed by atoms with van der Waals surface area (Å²) < 4.78 is 39.9. The van der Waals surface area contributed by atoms with E-state index in [1.54, 1.807) is 20.8 Å². The minimum Gasteiger partial charge on any atom is -0.444 e. The van der Waals surface area contributed by atoms with E-state index in [2.05, 4.69) is 15.4 Å². The summed E-state index contributed by atoms with van der Waals surface area (Å²) in [6.45, 7) is 5.08. The fraction of sp³-hybridized carbons (Fsp3) is 0.769. The molecule has 2 heterocycles. The molecule has 2 saturated carbocycles. The maximum absolute atomic E-state index is 13.7. The number of nitrogens with one attached hydrogen (secondary N) is 3. The van der Waals surface area contributed by atoms with Crippen LogP contribution in [0.5, 0.6) is 0 Å². The summed E-state index contributed by atoms with van der Waals surface area (Å²) in [5.74, 6) is -2.35. The SMILES string of the molecule is [3H]O[C@@H]1C[C@H]2C(=O)N[C@]3(C(=O)NS(=O)(=O)C4CC4)CC3/C=C\CCCCC[C@H](NC(=O)OC(C)(C)C)C(=O)N2C1. The molecule has 4 N–H and O–H groups in total. The molecule has 2 aliphatic carbocycles. The Morgan fingerprint density at radius 1 is 1.21 bits per heavy atom. The van der Waals surface area contributed by atoms with Crippen LogP contribution >= 0.6 is 0 Å². The van der Waals surface area contributed by atoms with Crippen LogP contribution in [0.15, 0.2) is 12.2 Å². The Morgan fingerprint density at radius 3 is 2.62 bits per heavy atom. The molecular weight excluding hydrogens is 528 g/mol. The van der Waals surface area contributed by atoms with Gasteiger partial charge >= 0.3 is 6.09 Å². The van der Waals surface area contributed by atoms with Gasteiger partial charge in [0, 0.05) is 18.9 Å². The molecule has 3 fully saturated rings. The van der Waals surface area contributed by atoms with Crippen molar-refractivity contribution < 1.29 is 37.4 Å². The number of fused-ring (bicyclic) bond motifs is 2. The predicted octanol–water partition coefficient (Wildman–Crippen LogP) is 0.845. The van der Waals surface area contributed by atoms with Gasteiger partial charge in [0.05, 0.1) is 11.4 Å². The molecule has 0 spiro atoms. The zero-order valence-electron chi connectivity index (χ0n) is 23.7. The molecule has 0 bridgehead atoms. The molecule has 0 aromatic rings. The Morgan fingerprint density at radius 2 is 1.95 bits per heavy atom. The lowest BCUT2D eigenvalue weighted by Gasteiger charge is -2.30. The van der Waals surface area contributed by atoms with Crippen molar-refractivity contribution in [3.63, 3.8) is 0 Å². The first-order valence-electron chi connectivity index (χ1n) is 14.1. The summed E-state index contributed by atoms with van der Waals surface area (Å²) >= 11 is 0. The highest BCUT2D eigenvalue weighted by Gasteiger charge is 2.62. The van der Waals surface area contributed by atoms with Crippen molar-refractivity contribution in [1.82, 2.24) is 20.3 Å². The van der Waals surface area contributed by atoms with Crippen molar-refractivity contribution in [3.05, 3.63) is 12.2 Å². The minimum atomic E-state index is -3.84. The topological polar surface area (TPSA) is 171 Å². The molecule has 4 amide bonds. The summed E-state index contributed by atoms with van der Waals surface area (Å²) in [5.41, 5.74) is -2.24. The van der Waals surface area contributed by atoms with Gasteiger partial charge in [-0.1, -0.05) is 25.0 Å². The lowest BCUT2D eigenvalue weighted by Crippen LogP contribution is -2.58. The van der Waals surface area contributed by atoms with Crippen LogP contribution in [0.1, 0.15) is 78.6 Å². The van der Waals surface area contributed by atoms with Gasteiger partial charge in [-0.2, -0.15) is 0 Å². The lowest BCUT2D eigenvalue weighted by molar-refractivity contribution is -0.141. The quantitative estimate of drug-likeness (QED) is 0.352. The van der Waals surface area contributed by atoms with Crippen molar-refractivity contribution in [2.45, 2.75) is 113 Å². The number of carbonyl (C=O) groups is 4. The molecular formula is C26H40N4O8S. The third-order valence-corrected chi connectivity index (χ3v) is 9.35. The van der Waals surface area contributed by atoms with Crippen LogP contribution in [0.4, 0.5) is 4.79 Å². The predicted molar refractivity (Wildman–Crippen MR) is 141 cm³/mol. The van der Waals surface area contributed by atoms with Crippen LogP contribution in [-0.2, 0) is 29.1 Å². The second-order valence-electron chi connectivity index (χ2n) is 12.1. The zero-order chi connectivity index (χ0) is 29.3. The Bertz CT molecular complexity index is 1150. The first-order valence-corrected chi connectivity index (χ1v) is 15.3. The number of aliphatic hydroxyl groups is 1. The number of hydrogen-bond acceptors (Lipinski definition) is 8. The molecule has 5 atom stereocenters. The van der Waals surface area contributed by atoms with Crippen LogP contribution in [0.25, 0.3) is 0 Å². The van der Waals surface area contributed by atoms with Gasteiger partial charge in [0.15, 0.2) is 0 Å². The van der Waals surface area contributed by atoms with Gasteiger partial charge < -0.3 is 25.4 Å². The summed E-state index contributed by atoms with van der Waals surface area (Å²) in [6, 6.07) is -2.05. The van der Waals surface area contributed by atoms with Crippen molar-refractivity contribution in [1.29, 1.82) is 1.43 Å². The van der Waals surface area contributed by atoms with E-state index in [0.717, 1.165) is 12.8 Å². The standard InChI is InChI=1S/C26H40N4O8S/c1-25(2,3)38-24(35)27-19-10-8-6-4-5-7-9-16-14-26(16,23(34)29-39(36,37)18-11-12-18)28-21(32)20-13-17(31)15-30(20)22(19)33/h7,9,16-20,31H,4-6,8,10-15H2,1-3H3,(H,27,35)(H,28,32)(H,29,34)/b9-7-/t16?,17-,19+,20+,26-/m1/s1/i31T. The molecule has 4 aliphatic rings. The number of sulfonamides is 1. The van der Waals surface area contributed by atoms with E-state index in [4.69, 9.17) is 11.3 Å². The molecule has 1 saturated heterocycles. The highest BCUT2D eigenvalue weighted by atomic mass is 32.2. The van der Waals surface area contributed by atoms with E-state index >= 15 is 0 Å². The normalized spacial score (nSPS) is 33.3. The third-order valence-electron chi connectivity index (χ3n) is 7.53. The summed E-state index contributed by atoms with van der Waals surface area (Å²) in [5, 5.41) is 9.53. The van der Waals surface area contributed by atoms with E-state index in [9.17, 15) is 27.6 Å². The first kappa shape index (κ1) is 27.9. The number of hydrogen-bond donors (Lipinski definition) is 4. The second-order valence-corrected chi connectivity index (χ2v) is 14.0. The average molecular weight is 571 g/mol. The third kappa shape index (κ3) is 7.10. The Kier molecular flexibility index (Phi) is 7.91. The summed E-state index contributed by atoms with van der Waals surface area (Å²) in [4.78, 5) is 54.5. The van der Waals surface area contributed by atoms with E-state index in [0.29, 0.717) is 32.1 Å². The molecule has 0 radical (unpaired) electrons. The molecule has 39 heavy (non-hydrogen) atoms. The number of rotatable bonds is 5. The molecule has 13 heteroatoms. The van der Waals surface area contributed by atoms with E-state index < -0.39 is 74.3 Å². The van der Waals surface area contributed by atoms with E-state index in [-0.39, 0.29) is 19.4 Å². The number of allylic oxidation sites excluding steroid dienone is 1. The fourth-order valence-electron chi connectivity index (χ4n) is 5.21. The van der Waals surface area contributed by atoms with Crippen LogP contribution in [0.3, 0.4) is 0 Å². The molecule has 1 unspecified atom stereocenters. The second kappa shape index (κ2) is 11.1. The highest BCUT2D eigenvalue weighted by molar-refractivity contribution is 7.91. The molecule has 12 nitrogen and oxygen atoms in total. The Labute approximate surface area is 230 Å². The van der Waals surface area contributed by atoms with Crippen molar-refractivity contribution in [2.24, 2.45) is 5.92 Å². The number of amides is 4.